The standard InChI is InChI=1S/C19H17ClN4O4/c1-3-16(24-18(26)12-6-4-5-7-14(12)22-23-24)17(25)21-15-10-11(20)8-9-13(15)19(27)28-2/h4-10,16H,3H2,1-2H3,(H,21,25). The number of esters is 1. The number of anilines is 1. The molecule has 8 nitrogen and oxygen atoms in total. The van der Waals surface area contributed by atoms with E-state index in [2.05, 4.69) is 15.6 Å². The summed E-state index contributed by atoms with van der Waals surface area (Å²) in [7, 11) is 1.24. The summed E-state index contributed by atoms with van der Waals surface area (Å²) in [4.78, 5) is 37.6. The van der Waals surface area contributed by atoms with Gasteiger partial charge in [-0.2, -0.15) is 4.68 Å². The lowest BCUT2D eigenvalue weighted by atomic mass is 10.1. The topological polar surface area (TPSA) is 103 Å². The molecule has 0 radical (unpaired) electrons. The van der Waals surface area contributed by atoms with Crippen LogP contribution in [0.2, 0.25) is 5.02 Å². The molecular weight excluding hydrogens is 384 g/mol. The first-order valence-electron chi connectivity index (χ1n) is 8.49. The number of hydrogen-bond acceptors (Lipinski definition) is 6. The number of aromatic nitrogens is 3. The first kappa shape index (κ1) is 19.5. The Morgan fingerprint density at radius 2 is 2.00 bits per heavy atom. The number of hydrogen-bond donors (Lipinski definition) is 1. The molecular formula is C19H17ClN4O4. The van der Waals surface area contributed by atoms with Crippen molar-refractivity contribution in [3.05, 3.63) is 63.4 Å². The van der Waals surface area contributed by atoms with E-state index >= 15 is 0 Å². The monoisotopic (exact) mass is 400 g/mol. The number of methoxy groups -OCH3 is 1. The minimum atomic E-state index is -0.922. The van der Waals surface area contributed by atoms with Gasteiger partial charge >= 0.3 is 5.97 Å². The van der Waals surface area contributed by atoms with E-state index in [1.54, 1.807) is 31.2 Å². The number of carbonyl (C=O) groups is 2. The number of halogens is 1. The number of ether oxygens (including phenoxy) is 1. The Balaban J connectivity index is 1.98. The molecule has 0 aliphatic carbocycles. The van der Waals surface area contributed by atoms with E-state index in [0.29, 0.717) is 15.9 Å². The highest BCUT2D eigenvalue weighted by atomic mass is 35.5. The van der Waals surface area contributed by atoms with Gasteiger partial charge in [-0.05, 0) is 36.8 Å². The third kappa shape index (κ3) is 3.72. The van der Waals surface area contributed by atoms with Gasteiger partial charge in [0.05, 0.1) is 23.7 Å². The van der Waals surface area contributed by atoms with Gasteiger partial charge in [0.2, 0.25) is 5.91 Å². The number of fused-ring (bicyclic) bond motifs is 1. The summed E-state index contributed by atoms with van der Waals surface area (Å²) in [5, 5.41) is 11.3. The maximum absolute atomic E-state index is 12.9. The summed E-state index contributed by atoms with van der Waals surface area (Å²) in [5.41, 5.74) is 0.352. The van der Waals surface area contributed by atoms with Crippen molar-refractivity contribution in [3.63, 3.8) is 0 Å². The Labute approximate surface area is 165 Å². The van der Waals surface area contributed by atoms with E-state index < -0.39 is 23.5 Å². The zero-order valence-electron chi connectivity index (χ0n) is 15.2. The molecule has 3 rings (SSSR count). The number of benzene rings is 2. The molecule has 1 heterocycles. The average molecular weight is 401 g/mol. The molecule has 0 spiro atoms. The third-order valence-corrected chi connectivity index (χ3v) is 4.46. The van der Waals surface area contributed by atoms with Crippen molar-refractivity contribution >= 4 is 40.1 Å². The van der Waals surface area contributed by atoms with E-state index in [1.807, 2.05) is 0 Å². The molecule has 28 heavy (non-hydrogen) atoms. The second-order valence-corrected chi connectivity index (χ2v) is 6.39. The second-order valence-electron chi connectivity index (χ2n) is 5.95. The largest absolute Gasteiger partial charge is 0.465 e. The van der Waals surface area contributed by atoms with Crippen LogP contribution in [-0.2, 0) is 9.53 Å². The van der Waals surface area contributed by atoms with Crippen LogP contribution in [0.4, 0.5) is 5.69 Å². The van der Waals surface area contributed by atoms with Crippen LogP contribution >= 0.6 is 11.6 Å². The number of amides is 1. The minimum Gasteiger partial charge on any atom is -0.465 e. The molecule has 0 saturated carbocycles. The summed E-state index contributed by atoms with van der Waals surface area (Å²) in [6.45, 7) is 1.74. The lowest BCUT2D eigenvalue weighted by Gasteiger charge is -2.17. The minimum absolute atomic E-state index is 0.145. The van der Waals surface area contributed by atoms with Crippen LogP contribution in [0, 0.1) is 0 Å². The lowest BCUT2D eigenvalue weighted by molar-refractivity contribution is -0.119. The first-order chi connectivity index (χ1) is 13.5. The Bertz CT molecular complexity index is 1110. The molecule has 9 heteroatoms. The van der Waals surface area contributed by atoms with Gasteiger partial charge in [0.1, 0.15) is 11.6 Å². The highest BCUT2D eigenvalue weighted by molar-refractivity contribution is 6.31. The van der Waals surface area contributed by atoms with Gasteiger partial charge in [-0.3, -0.25) is 9.59 Å². The number of carbonyl (C=O) groups excluding carboxylic acids is 2. The Hall–Kier alpha value is -3.26. The quantitative estimate of drug-likeness (QED) is 0.660. The Morgan fingerprint density at radius 1 is 1.25 bits per heavy atom. The third-order valence-electron chi connectivity index (χ3n) is 4.22. The Kier molecular flexibility index (Phi) is 5.70. The lowest BCUT2D eigenvalue weighted by Crippen LogP contribution is -2.35. The summed E-state index contributed by atoms with van der Waals surface area (Å²) < 4.78 is 5.77. The van der Waals surface area contributed by atoms with Crippen LogP contribution in [0.15, 0.2) is 47.3 Å². The fourth-order valence-corrected chi connectivity index (χ4v) is 2.97. The van der Waals surface area contributed by atoms with Crippen LogP contribution in [0.25, 0.3) is 10.9 Å². The smallest absolute Gasteiger partial charge is 0.339 e. The number of nitrogens with zero attached hydrogens (tertiary/aromatic N) is 3. The number of nitrogens with one attached hydrogen (secondary N) is 1. The van der Waals surface area contributed by atoms with Crippen LogP contribution in [0.1, 0.15) is 29.7 Å². The van der Waals surface area contributed by atoms with Crippen molar-refractivity contribution in [2.45, 2.75) is 19.4 Å². The molecule has 0 saturated heterocycles. The highest BCUT2D eigenvalue weighted by Crippen LogP contribution is 2.23. The SMILES string of the molecule is CCC(C(=O)Nc1cc(Cl)ccc1C(=O)OC)n1nnc2ccccc2c1=O. The van der Waals surface area contributed by atoms with E-state index in [1.165, 1.54) is 25.3 Å². The normalized spacial score (nSPS) is 11.8. The van der Waals surface area contributed by atoms with Crippen LogP contribution < -0.4 is 10.9 Å². The second kappa shape index (κ2) is 8.18. The van der Waals surface area contributed by atoms with Crippen molar-refractivity contribution in [2.75, 3.05) is 12.4 Å². The molecule has 0 aliphatic rings. The van der Waals surface area contributed by atoms with E-state index in [9.17, 15) is 14.4 Å². The predicted octanol–water partition coefficient (Wildman–Crippen LogP) is 2.82. The summed E-state index contributed by atoms with van der Waals surface area (Å²) >= 11 is 5.99. The molecule has 0 fully saturated rings. The van der Waals surface area contributed by atoms with Crippen LogP contribution in [-0.4, -0.2) is 34.0 Å². The van der Waals surface area contributed by atoms with E-state index in [4.69, 9.17) is 16.3 Å². The fourth-order valence-electron chi connectivity index (χ4n) is 2.80. The number of rotatable bonds is 5. The van der Waals surface area contributed by atoms with Gasteiger partial charge in [0, 0.05) is 5.02 Å². The molecule has 1 N–H and O–H groups in total. The molecule has 0 bridgehead atoms. The maximum atomic E-state index is 12.9. The predicted molar refractivity (Wildman–Crippen MR) is 105 cm³/mol. The van der Waals surface area contributed by atoms with Crippen molar-refractivity contribution in [1.82, 2.24) is 15.0 Å². The summed E-state index contributed by atoms with van der Waals surface area (Å²) in [6, 6.07) is 10.2. The van der Waals surface area contributed by atoms with Crippen LogP contribution in [0.5, 0.6) is 0 Å². The molecule has 1 amide bonds. The van der Waals surface area contributed by atoms with Gasteiger partial charge in [-0.25, -0.2) is 4.79 Å². The average Bonchev–Trinajstić information content (AvgIpc) is 2.70. The van der Waals surface area contributed by atoms with Gasteiger partial charge < -0.3 is 10.1 Å². The molecule has 1 atom stereocenters. The molecule has 1 aromatic heterocycles. The van der Waals surface area contributed by atoms with Crippen molar-refractivity contribution in [2.24, 2.45) is 0 Å². The molecule has 1 unspecified atom stereocenters. The molecule has 144 valence electrons. The van der Waals surface area contributed by atoms with Gasteiger partial charge in [-0.15, -0.1) is 5.10 Å². The van der Waals surface area contributed by atoms with Crippen molar-refractivity contribution in [1.29, 1.82) is 0 Å². The molecule has 2 aromatic carbocycles. The summed E-state index contributed by atoms with van der Waals surface area (Å²) in [6.07, 6.45) is 0.285. The van der Waals surface area contributed by atoms with Crippen LogP contribution in [0.3, 0.4) is 0 Å². The molecule has 0 aliphatic heterocycles. The van der Waals surface area contributed by atoms with E-state index in [0.717, 1.165) is 4.68 Å². The maximum Gasteiger partial charge on any atom is 0.339 e. The molecule has 3 aromatic rings. The van der Waals surface area contributed by atoms with E-state index in [-0.39, 0.29) is 17.7 Å². The fraction of sp³-hybridized carbons (Fsp3) is 0.211. The zero-order chi connectivity index (χ0) is 20.3. The zero-order valence-corrected chi connectivity index (χ0v) is 15.9. The first-order valence-corrected chi connectivity index (χ1v) is 8.87. The van der Waals surface area contributed by atoms with Crippen molar-refractivity contribution < 1.29 is 14.3 Å². The summed E-state index contributed by atoms with van der Waals surface area (Å²) in [5.74, 6) is -1.15. The van der Waals surface area contributed by atoms with Crippen molar-refractivity contribution in [3.8, 4) is 0 Å². The highest BCUT2D eigenvalue weighted by Gasteiger charge is 2.24. The van der Waals surface area contributed by atoms with Gasteiger partial charge in [0.15, 0.2) is 0 Å². The van der Waals surface area contributed by atoms with Gasteiger partial charge in [-0.1, -0.05) is 35.9 Å². The van der Waals surface area contributed by atoms with Gasteiger partial charge in [0.25, 0.3) is 5.56 Å². The Morgan fingerprint density at radius 3 is 2.71 bits per heavy atom.